The van der Waals surface area contributed by atoms with Crippen LogP contribution < -0.4 is 5.32 Å². The van der Waals surface area contributed by atoms with Gasteiger partial charge in [0.25, 0.3) is 0 Å². The fourth-order valence-corrected chi connectivity index (χ4v) is 3.41. The molecule has 0 aromatic carbocycles. The number of nitrogens with one attached hydrogen (secondary N) is 1. The molecule has 17 heavy (non-hydrogen) atoms. The van der Waals surface area contributed by atoms with E-state index in [9.17, 15) is 0 Å². The molecule has 1 aliphatic carbocycles. The maximum Gasteiger partial charge on any atom is 0.0119 e. The van der Waals surface area contributed by atoms with Crippen molar-refractivity contribution in [2.24, 2.45) is 11.8 Å². The van der Waals surface area contributed by atoms with E-state index in [1.807, 2.05) is 0 Å². The molecular formula is C15H30N2. The summed E-state index contributed by atoms with van der Waals surface area (Å²) in [7, 11) is 0. The molecule has 2 heteroatoms. The lowest BCUT2D eigenvalue weighted by molar-refractivity contribution is 0.109. The normalized spacial score (nSPS) is 24.5. The number of rotatable bonds is 6. The Kier molecular flexibility index (Phi) is 4.87. The van der Waals surface area contributed by atoms with Crippen LogP contribution in [-0.4, -0.2) is 36.6 Å². The lowest BCUT2D eigenvalue weighted by atomic mass is 9.93. The second kappa shape index (κ2) is 6.19. The van der Waals surface area contributed by atoms with Gasteiger partial charge in [0.15, 0.2) is 0 Å². The van der Waals surface area contributed by atoms with Crippen molar-refractivity contribution in [1.82, 2.24) is 10.2 Å². The predicted octanol–water partition coefficient (Wildman–Crippen LogP) is 2.89. The summed E-state index contributed by atoms with van der Waals surface area (Å²) in [6.07, 6.45) is 7.00. The Morgan fingerprint density at radius 3 is 2.24 bits per heavy atom. The van der Waals surface area contributed by atoms with Crippen LogP contribution in [-0.2, 0) is 0 Å². The van der Waals surface area contributed by atoms with Crippen molar-refractivity contribution in [3.8, 4) is 0 Å². The average Bonchev–Trinajstić information content (AvgIpc) is 3.13. The highest BCUT2D eigenvalue weighted by molar-refractivity contribution is 4.91. The van der Waals surface area contributed by atoms with Gasteiger partial charge in [0.05, 0.1) is 0 Å². The molecule has 2 nitrogen and oxygen atoms in total. The summed E-state index contributed by atoms with van der Waals surface area (Å²) in [6.45, 7) is 11.0. The second-order valence-corrected chi connectivity index (χ2v) is 6.34. The third-order valence-corrected chi connectivity index (χ3v) is 4.56. The first-order valence-electron chi connectivity index (χ1n) is 7.68. The molecule has 0 aromatic heterocycles. The quantitative estimate of drug-likeness (QED) is 0.765. The number of hydrogen-bond acceptors (Lipinski definition) is 2. The molecule has 1 N–H and O–H groups in total. The smallest absolute Gasteiger partial charge is 0.0119 e. The molecule has 1 atom stereocenters. The molecule has 0 radical (unpaired) electrons. The van der Waals surface area contributed by atoms with Gasteiger partial charge in [0.2, 0.25) is 0 Å². The van der Waals surface area contributed by atoms with Crippen molar-refractivity contribution >= 4 is 0 Å². The van der Waals surface area contributed by atoms with Gasteiger partial charge in [-0.1, -0.05) is 20.8 Å². The highest BCUT2D eigenvalue weighted by atomic mass is 15.2. The van der Waals surface area contributed by atoms with Crippen molar-refractivity contribution in [3.63, 3.8) is 0 Å². The summed E-state index contributed by atoms with van der Waals surface area (Å²) in [4.78, 5) is 2.86. The van der Waals surface area contributed by atoms with Crippen LogP contribution >= 0.6 is 0 Å². The van der Waals surface area contributed by atoms with Gasteiger partial charge in [-0.2, -0.15) is 0 Å². The highest BCUT2D eigenvalue weighted by Crippen LogP contribution is 2.33. The zero-order chi connectivity index (χ0) is 12.3. The Hall–Kier alpha value is -0.0800. The highest BCUT2D eigenvalue weighted by Gasteiger charge is 2.35. The minimum Gasteiger partial charge on any atom is -0.317 e. The zero-order valence-electron chi connectivity index (χ0n) is 11.9. The molecule has 1 saturated carbocycles. The molecule has 0 bridgehead atoms. The summed E-state index contributed by atoms with van der Waals surface area (Å²) < 4.78 is 0. The molecule has 0 spiro atoms. The van der Waals surface area contributed by atoms with Gasteiger partial charge in [-0.15, -0.1) is 0 Å². The van der Waals surface area contributed by atoms with E-state index in [0.29, 0.717) is 0 Å². The number of nitrogens with zero attached hydrogens (tertiary/aromatic N) is 1. The fraction of sp³-hybridized carbons (Fsp3) is 1.00. The van der Waals surface area contributed by atoms with Crippen molar-refractivity contribution < 1.29 is 0 Å². The van der Waals surface area contributed by atoms with Gasteiger partial charge in [0, 0.05) is 18.6 Å². The van der Waals surface area contributed by atoms with Crippen LogP contribution in [0.3, 0.4) is 0 Å². The van der Waals surface area contributed by atoms with Gasteiger partial charge in [-0.05, 0) is 57.0 Å². The predicted molar refractivity (Wildman–Crippen MR) is 74.2 cm³/mol. The zero-order valence-corrected chi connectivity index (χ0v) is 11.9. The van der Waals surface area contributed by atoms with E-state index in [2.05, 4.69) is 31.0 Å². The van der Waals surface area contributed by atoms with Crippen LogP contribution in [0, 0.1) is 11.8 Å². The molecule has 1 saturated heterocycles. The molecule has 100 valence electrons. The molecule has 1 aliphatic heterocycles. The Labute approximate surface area is 107 Å². The lowest BCUT2D eigenvalue weighted by Gasteiger charge is -2.37. The van der Waals surface area contributed by atoms with E-state index < -0.39 is 0 Å². The third-order valence-electron chi connectivity index (χ3n) is 4.56. The number of hydrogen-bond donors (Lipinski definition) is 1. The van der Waals surface area contributed by atoms with Crippen LogP contribution in [0.25, 0.3) is 0 Å². The monoisotopic (exact) mass is 238 g/mol. The maximum atomic E-state index is 3.48. The summed E-state index contributed by atoms with van der Waals surface area (Å²) in [6, 6.07) is 1.75. The minimum absolute atomic E-state index is 0.808. The molecule has 2 fully saturated rings. The summed E-state index contributed by atoms with van der Waals surface area (Å²) in [5, 5.41) is 3.48. The summed E-state index contributed by atoms with van der Waals surface area (Å²) >= 11 is 0. The van der Waals surface area contributed by atoms with Crippen LogP contribution in [0.1, 0.15) is 52.9 Å². The maximum absolute atomic E-state index is 3.48. The van der Waals surface area contributed by atoms with E-state index in [0.717, 1.165) is 23.9 Å². The standard InChI is InChI=1S/C15H30N2/c1-4-15(12(2)3)17(14-5-6-14)11-13-7-9-16-10-8-13/h12-16H,4-11H2,1-3H3. The molecule has 2 aliphatic rings. The van der Waals surface area contributed by atoms with E-state index in [1.54, 1.807) is 0 Å². The van der Waals surface area contributed by atoms with E-state index in [1.165, 1.54) is 51.7 Å². The van der Waals surface area contributed by atoms with Gasteiger partial charge >= 0.3 is 0 Å². The Bertz CT molecular complexity index is 217. The van der Waals surface area contributed by atoms with Gasteiger partial charge in [-0.25, -0.2) is 0 Å². The average molecular weight is 238 g/mol. The van der Waals surface area contributed by atoms with Crippen molar-refractivity contribution in [3.05, 3.63) is 0 Å². The first-order chi connectivity index (χ1) is 8.22. The Morgan fingerprint density at radius 1 is 1.12 bits per heavy atom. The minimum atomic E-state index is 0.808. The molecule has 0 amide bonds. The first-order valence-corrected chi connectivity index (χ1v) is 7.68. The SMILES string of the molecule is CCC(C(C)C)N(CC1CCNCC1)C1CC1. The second-order valence-electron chi connectivity index (χ2n) is 6.34. The van der Waals surface area contributed by atoms with Gasteiger partial charge in [-0.3, -0.25) is 4.90 Å². The first kappa shape index (κ1) is 13.4. The van der Waals surface area contributed by atoms with Crippen LogP contribution in [0.4, 0.5) is 0 Å². The van der Waals surface area contributed by atoms with E-state index in [4.69, 9.17) is 0 Å². The van der Waals surface area contributed by atoms with Crippen LogP contribution in [0.15, 0.2) is 0 Å². The van der Waals surface area contributed by atoms with Gasteiger partial charge < -0.3 is 5.32 Å². The lowest BCUT2D eigenvalue weighted by Crippen LogP contribution is -2.44. The molecule has 1 heterocycles. The fourth-order valence-electron chi connectivity index (χ4n) is 3.41. The molecule has 2 rings (SSSR count). The topological polar surface area (TPSA) is 15.3 Å². The number of piperidine rings is 1. The van der Waals surface area contributed by atoms with Crippen molar-refractivity contribution in [2.45, 2.75) is 65.0 Å². The van der Waals surface area contributed by atoms with Crippen molar-refractivity contribution in [1.29, 1.82) is 0 Å². The van der Waals surface area contributed by atoms with Crippen molar-refractivity contribution in [2.75, 3.05) is 19.6 Å². The van der Waals surface area contributed by atoms with Crippen LogP contribution in [0.5, 0.6) is 0 Å². The Morgan fingerprint density at radius 2 is 1.76 bits per heavy atom. The van der Waals surface area contributed by atoms with Crippen LogP contribution in [0.2, 0.25) is 0 Å². The van der Waals surface area contributed by atoms with Gasteiger partial charge in [0.1, 0.15) is 0 Å². The summed E-state index contributed by atoms with van der Waals surface area (Å²) in [5.41, 5.74) is 0. The molecule has 1 unspecified atom stereocenters. The van der Waals surface area contributed by atoms with E-state index >= 15 is 0 Å². The van der Waals surface area contributed by atoms with E-state index in [-0.39, 0.29) is 0 Å². The largest absolute Gasteiger partial charge is 0.317 e. The third kappa shape index (κ3) is 3.69. The Balaban J connectivity index is 1.91. The molecule has 0 aromatic rings. The summed E-state index contributed by atoms with van der Waals surface area (Å²) in [5.74, 6) is 1.76. The molecular weight excluding hydrogens is 208 g/mol.